The Labute approximate surface area is 112 Å². The van der Waals surface area contributed by atoms with E-state index < -0.39 is 0 Å². The zero-order chi connectivity index (χ0) is 13.7. The van der Waals surface area contributed by atoms with Crippen molar-refractivity contribution < 1.29 is 14.6 Å². The predicted molar refractivity (Wildman–Crippen MR) is 71.4 cm³/mol. The zero-order valence-corrected chi connectivity index (χ0v) is 11.2. The van der Waals surface area contributed by atoms with E-state index in [1.54, 1.807) is 31.5 Å². The first-order valence-electron chi connectivity index (χ1n) is 6.13. The van der Waals surface area contributed by atoms with Gasteiger partial charge in [-0.2, -0.15) is 0 Å². The van der Waals surface area contributed by atoms with Gasteiger partial charge in [-0.3, -0.25) is 0 Å². The standard InChI is InChI=1S/C14H18N2O3/c1-11-15-5-6-16(11)7-8-19-14-9-13(18-2)4-3-12(14)10-17/h3-6,9,17H,7-8,10H2,1-2H3. The van der Waals surface area contributed by atoms with Crippen LogP contribution in [0.5, 0.6) is 11.5 Å². The second-order valence-corrected chi connectivity index (χ2v) is 4.15. The Balaban J connectivity index is 2.00. The highest BCUT2D eigenvalue weighted by atomic mass is 16.5. The van der Waals surface area contributed by atoms with Crippen LogP contribution in [0.3, 0.4) is 0 Å². The van der Waals surface area contributed by atoms with E-state index in [0.717, 1.165) is 11.4 Å². The molecule has 0 spiro atoms. The Kier molecular flexibility index (Phi) is 4.41. The molecule has 1 aromatic heterocycles. The summed E-state index contributed by atoms with van der Waals surface area (Å²) >= 11 is 0. The number of aliphatic hydroxyl groups excluding tert-OH is 1. The molecule has 102 valence electrons. The van der Waals surface area contributed by atoms with Gasteiger partial charge >= 0.3 is 0 Å². The first-order chi connectivity index (χ1) is 9.24. The number of methoxy groups -OCH3 is 1. The summed E-state index contributed by atoms with van der Waals surface area (Å²) in [6.07, 6.45) is 3.68. The summed E-state index contributed by atoms with van der Waals surface area (Å²) in [6.45, 7) is 3.12. The predicted octanol–water partition coefficient (Wildman–Crippen LogP) is 1.77. The first-order valence-corrected chi connectivity index (χ1v) is 6.13. The van der Waals surface area contributed by atoms with Crippen molar-refractivity contribution in [1.29, 1.82) is 0 Å². The van der Waals surface area contributed by atoms with Gasteiger partial charge < -0.3 is 19.1 Å². The van der Waals surface area contributed by atoms with Gasteiger partial charge in [-0.15, -0.1) is 0 Å². The normalized spacial score (nSPS) is 10.5. The molecule has 19 heavy (non-hydrogen) atoms. The van der Waals surface area contributed by atoms with Gasteiger partial charge in [-0.25, -0.2) is 4.98 Å². The monoisotopic (exact) mass is 262 g/mol. The number of imidazole rings is 1. The van der Waals surface area contributed by atoms with E-state index in [9.17, 15) is 5.11 Å². The molecule has 0 fully saturated rings. The van der Waals surface area contributed by atoms with E-state index in [2.05, 4.69) is 4.98 Å². The van der Waals surface area contributed by atoms with Gasteiger partial charge in [0, 0.05) is 24.0 Å². The molecule has 0 unspecified atom stereocenters. The average molecular weight is 262 g/mol. The molecule has 0 radical (unpaired) electrons. The third kappa shape index (κ3) is 3.26. The second-order valence-electron chi connectivity index (χ2n) is 4.15. The van der Waals surface area contributed by atoms with Crippen molar-refractivity contribution in [3.63, 3.8) is 0 Å². The molecule has 0 aliphatic carbocycles. The fourth-order valence-corrected chi connectivity index (χ4v) is 1.82. The Morgan fingerprint density at radius 2 is 2.21 bits per heavy atom. The van der Waals surface area contributed by atoms with E-state index in [0.29, 0.717) is 24.7 Å². The SMILES string of the molecule is COc1ccc(CO)c(OCCn2ccnc2C)c1. The fraction of sp³-hybridized carbons (Fsp3) is 0.357. The molecule has 1 heterocycles. The highest BCUT2D eigenvalue weighted by Crippen LogP contribution is 2.24. The highest BCUT2D eigenvalue weighted by molar-refractivity contribution is 5.40. The Morgan fingerprint density at radius 1 is 1.37 bits per heavy atom. The summed E-state index contributed by atoms with van der Waals surface area (Å²) in [5.41, 5.74) is 0.753. The van der Waals surface area contributed by atoms with E-state index >= 15 is 0 Å². The van der Waals surface area contributed by atoms with Crippen LogP contribution < -0.4 is 9.47 Å². The number of benzene rings is 1. The van der Waals surface area contributed by atoms with Crippen LogP contribution in [0.25, 0.3) is 0 Å². The minimum Gasteiger partial charge on any atom is -0.497 e. The molecule has 0 aliphatic heterocycles. The van der Waals surface area contributed by atoms with Gasteiger partial charge in [-0.05, 0) is 19.1 Å². The van der Waals surface area contributed by atoms with Crippen LogP contribution in [0.2, 0.25) is 0 Å². The van der Waals surface area contributed by atoms with Gasteiger partial charge in [0.1, 0.15) is 23.9 Å². The molecule has 0 aliphatic rings. The molecule has 1 aromatic carbocycles. The number of rotatable bonds is 6. The Bertz CT molecular complexity index is 537. The Morgan fingerprint density at radius 3 is 2.84 bits per heavy atom. The second kappa shape index (κ2) is 6.24. The minimum atomic E-state index is -0.0522. The van der Waals surface area contributed by atoms with Gasteiger partial charge in [-0.1, -0.05) is 0 Å². The molecule has 0 bridgehead atoms. The van der Waals surface area contributed by atoms with Gasteiger partial charge in [0.05, 0.1) is 20.3 Å². The lowest BCUT2D eigenvalue weighted by molar-refractivity contribution is 0.256. The third-order valence-electron chi connectivity index (χ3n) is 2.96. The largest absolute Gasteiger partial charge is 0.497 e. The van der Waals surface area contributed by atoms with Gasteiger partial charge in [0.25, 0.3) is 0 Å². The van der Waals surface area contributed by atoms with Crippen molar-refractivity contribution in [2.45, 2.75) is 20.1 Å². The van der Waals surface area contributed by atoms with Crippen molar-refractivity contribution in [1.82, 2.24) is 9.55 Å². The van der Waals surface area contributed by atoms with Crippen molar-refractivity contribution in [2.24, 2.45) is 0 Å². The van der Waals surface area contributed by atoms with Crippen molar-refractivity contribution in [3.8, 4) is 11.5 Å². The van der Waals surface area contributed by atoms with Crippen LogP contribution in [0.4, 0.5) is 0 Å². The quantitative estimate of drug-likeness (QED) is 0.862. The summed E-state index contributed by atoms with van der Waals surface area (Å²) in [5.74, 6) is 2.32. The lowest BCUT2D eigenvalue weighted by Gasteiger charge is -2.12. The number of aliphatic hydroxyl groups is 1. The summed E-state index contributed by atoms with van der Waals surface area (Å²) < 4.78 is 12.9. The van der Waals surface area contributed by atoms with E-state index in [1.807, 2.05) is 17.7 Å². The van der Waals surface area contributed by atoms with Crippen LogP contribution in [0.15, 0.2) is 30.6 Å². The van der Waals surface area contributed by atoms with E-state index in [4.69, 9.17) is 9.47 Å². The zero-order valence-electron chi connectivity index (χ0n) is 11.2. The summed E-state index contributed by atoms with van der Waals surface area (Å²) in [6, 6.07) is 5.39. The van der Waals surface area contributed by atoms with Crippen LogP contribution in [0, 0.1) is 6.92 Å². The first kappa shape index (κ1) is 13.4. The maximum atomic E-state index is 9.27. The number of hydrogen-bond donors (Lipinski definition) is 1. The highest BCUT2D eigenvalue weighted by Gasteiger charge is 2.05. The summed E-state index contributed by atoms with van der Waals surface area (Å²) in [4.78, 5) is 4.15. The molecule has 0 saturated heterocycles. The maximum Gasteiger partial charge on any atom is 0.128 e. The molecule has 5 heteroatoms. The average Bonchev–Trinajstić information content (AvgIpc) is 2.84. The fourth-order valence-electron chi connectivity index (χ4n) is 1.82. The van der Waals surface area contributed by atoms with Crippen molar-refractivity contribution in [2.75, 3.05) is 13.7 Å². The number of nitrogens with zero attached hydrogens (tertiary/aromatic N) is 2. The molecule has 0 amide bonds. The topological polar surface area (TPSA) is 56.5 Å². The summed E-state index contributed by atoms with van der Waals surface area (Å²) in [7, 11) is 1.60. The van der Waals surface area contributed by atoms with E-state index in [-0.39, 0.29) is 6.61 Å². The van der Waals surface area contributed by atoms with Crippen LogP contribution in [0.1, 0.15) is 11.4 Å². The maximum absolute atomic E-state index is 9.27. The number of aromatic nitrogens is 2. The molecule has 1 N–H and O–H groups in total. The van der Waals surface area contributed by atoms with Crippen LogP contribution in [-0.2, 0) is 13.2 Å². The Hall–Kier alpha value is -2.01. The molecule has 2 aromatic rings. The van der Waals surface area contributed by atoms with E-state index in [1.165, 1.54) is 0 Å². The van der Waals surface area contributed by atoms with Crippen LogP contribution in [-0.4, -0.2) is 28.4 Å². The molecule has 0 atom stereocenters. The minimum absolute atomic E-state index is 0.0522. The molecular formula is C14H18N2O3. The number of ether oxygens (including phenoxy) is 2. The summed E-state index contributed by atoms with van der Waals surface area (Å²) in [5, 5.41) is 9.27. The number of aryl methyl sites for hydroxylation is 1. The van der Waals surface area contributed by atoms with Gasteiger partial charge in [0.15, 0.2) is 0 Å². The lowest BCUT2D eigenvalue weighted by Crippen LogP contribution is -2.09. The number of hydrogen-bond acceptors (Lipinski definition) is 4. The molecule has 2 rings (SSSR count). The smallest absolute Gasteiger partial charge is 0.128 e. The molecular weight excluding hydrogens is 244 g/mol. The van der Waals surface area contributed by atoms with Crippen LogP contribution >= 0.6 is 0 Å². The van der Waals surface area contributed by atoms with Gasteiger partial charge in [0.2, 0.25) is 0 Å². The third-order valence-corrected chi connectivity index (χ3v) is 2.96. The lowest BCUT2D eigenvalue weighted by atomic mass is 10.2. The van der Waals surface area contributed by atoms with Crippen molar-refractivity contribution >= 4 is 0 Å². The molecule has 5 nitrogen and oxygen atoms in total. The molecule has 0 saturated carbocycles. The van der Waals surface area contributed by atoms with Crippen molar-refractivity contribution in [3.05, 3.63) is 42.0 Å².